The van der Waals surface area contributed by atoms with Crippen LogP contribution in [0.5, 0.6) is 0 Å². The molecular formula is C45H51N9O5. The third-order valence-corrected chi connectivity index (χ3v) is 13.5. The fourth-order valence-corrected chi connectivity index (χ4v) is 10.0. The van der Waals surface area contributed by atoms with Crippen molar-refractivity contribution in [1.29, 1.82) is 5.26 Å². The normalized spacial score (nSPS) is 20.3. The molecule has 3 aromatic carbocycles. The molecule has 6 heterocycles. The Morgan fingerprint density at radius 2 is 1.56 bits per heavy atom. The molecule has 0 saturated carbocycles. The molecule has 0 spiro atoms. The largest absolute Gasteiger partial charge is 0.388 e. The van der Waals surface area contributed by atoms with Crippen molar-refractivity contribution in [3.63, 3.8) is 0 Å². The highest BCUT2D eigenvalue weighted by Crippen LogP contribution is 2.43. The summed E-state index contributed by atoms with van der Waals surface area (Å²) in [7, 11) is 5.64. The van der Waals surface area contributed by atoms with Crippen LogP contribution in [0.25, 0.3) is 21.9 Å². The van der Waals surface area contributed by atoms with Crippen LogP contribution in [0.15, 0.2) is 64.2 Å². The number of piperidine rings is 3. The number of benzene rings is 3. The average molecular weight is 798 g/mol. The summed E-state index contributed by atoms with van der Waals surface area (Å²) in [6.45, 7) is 7.10. The molecule has 4 aliphatic rings. The molecule has 59 heavy (non-hydrogen) atoms. The van der Waals surface area contributed by atoms with Crippen LogP contribution in [0.4, 0.5) is 22.7 Å². The second kappa shape index (κ2) is 14.7. The van der Waals surface area contributed by atoms with Crippen LogP contribution < -0.4 is 31.3 Å². The first-order chi connectivity index (χ1) is 28.3. The molecule has 0 radical (unpaired) electrons. The Kier molecular flexibility index (Phi) is 9.63. The van der Waals surface area contributed by atoms with Gasteiger partial charge in [-0.25, -0.2) is 4.79 Å². The van der Waals surface area contributed by atoms with E-state index in [1.807, 2.05) is 56.4 Å². The molecule has 2 amide bonds. The third kappa shape index (κ3) is 6.76. The number of nitriles is 1. The average Bonchev–Trinajstić information content (AvgIpc) is 3.48. The van der Waals surface area contributed by atoms with E-state index < -0.39 is 17.6 Å². The number of hydrogen-bond acceptors (Lipinski definition) is 10. The van der Waals surface area contributed by atoms with Gasteiger partial charge in [-0.3, -0.25) is 28.8 Å². The van der Waals surface area contributed by atoms with Crippen LogP contribution in [0.1, 0.15) is 67.2 Å². The number of aliphatic hydroxyl groups is 1. The number of carbonyl (C=O) groups excluding carboxylic acids is 2. The van der Waals surface area contributed by atoms with Crippen molar-refractivity contribution >= 4 is 56.5 Å². The molecule has 5 aromatic rings. The molecule has 306 valence electrons. The third-order valence-electron chi connectivity index (χ3n) is 13.5. The zero-order chi connectivity index (χ0) is 41.3. The van der Waals surface area contributed by atoms with Gasteiger partial charge < -0.3 is 29.3 Å². The summed E-state index contributed by atoms with van der Waals surface area (Å²) < 4.78 is 4.83. The predicted octanol–water partition coefficient (Wildman–Crippen LogP) is 4.15. The monoisotopic (exact) mass is 797 g/mol. The number of fused-ring (bicyclic) bond motifs is 3. The van der Waals surface area contributed by atoms with E-state index >= 15 is 0 Å². The van der Waals surface area contributed by atoms with E-state index in [2.05, 4.69) is 50.2 Å². The number of nitrogens with zero attached hydrogens (tertiary/aromatic N) is 8. The summed E-state index contributed by atoms with van der Waals surface area (Å²) in [5, 5.41) is 25.1. The van der Waals surface area contributed by atoms with Crippen LogP contribution >= 0.6 is 0 Å². The molecule has 9 rings (SSSR count). The van der Waals surface area contributed by atoms with Crippen molar-refractivity contribution < 1.29 is 14.7 Å². The summed E-state index contributed by atoms with van der Waals surface area (Å²) in [5.41, 5.74) is 7.76. The van der Waals surface area contributed by atoms with Gasteiger partial charge in [0.25, 0.3) is 5.56 Å². The van der Waals surface area contributed by atoms with Gasteiger partial charge >= 0.3 is 5.69 Å². The van der Waals surface area contributed by atoms with E-state index in [-0.39, 0.29) is 35.9 Å². The SMILES string of the molecule is Cc1cc2c(N3CCN(C)c4ccc(C#N)cc43)cc(C3CCN(CC4(O)CCN(c5ccc6c(c5)n(C)c(=O)n6C5CCC(=O)NC5=O)CC4)CC3)cc2n(C)c1=O. The number of likely N-dealkylation sites (tertiary alicyclic amines) is 1. The summed E-state index contributed by atoms with van der Waals surface area (Å²) in [5.74, 6) is -0.479. The van der Waals surface area contributed by atoms with Crippen LogP contribution in [-0.4, -0.2) is 94.0 Å². The van der Waals surface area contributed by atoms with Crippen molar-refractivity contribution in [1.82, 2.24) is 23.9 Å². The highest BCUT2D eigenvalue weighted by atomic mass is 16.3. The van der Waals surface area contributed by atoms with E-state index in [0.29, 0.717) is 49.1 Å². The van der Waals surface area contributed by atoms with Crippen LogP contribution in [0, 0.1) is 18.3 Å². The van der Waals surface area contributed by atoms with Gasteiger partial charge in [0.05, 0.1) is 50.8 Å². The number of β-amino-alcohol motifs (C(OH)–C–C–N with tert-alkyl or cyclic N) is 1. The molecule has 0 bridgehead atoms. The van der Waals surface area contributed by atoms with Crippen molar-refractivity contribution in [2.45, 2.75) is 63.0 Å². The van der Waals surface area contributed by atoms with Gasteiger partial charge in [-0.15, -0.1) is 0 Å². The number of hydrogen-bond donors (Lipinski definition) is 2. The molecule has 3 fully saturated rings. The van der Waals surface area contributed by atoms with Gasteiger partial charge in [0.15, 0.2) is 0 Å². The van der Waals surface area contributed by atoms with Crippen molar-refractivity contribution in [3.05, 3.63) is 92.1 Å². The molecule has 1 atom stereocenters. The Morgan fingerprint density at radius 1 is 0.797 bits per heavy atom. The molecule has 14 heteroatoms. The molecule has 0 aliphatic carbocycles. The lowest BCUT2D eigenvalue weighted by atomic mass is 9.86. The number of nitrogens with one attached hydrogen (secondary N) is 1. The first-order valence-corrected chi connectivity index (χ1v) is 20.7. The lowest BCUT2D eigenvalue weighted by Gasteiger charge is -2.43. The zero-order valence-corrected chi connectivity index (χ0v) is 34.2. The van der Waals surface area contributed by atoms with E-state index in [4.69, 9.17) is 0 Å². The van der Waals surface area contributed by atoms with Crippen molar-refractivity contribution in [2.75, 3.05) is 67.6 Å². The molecular weight excluding hydrogens is 747 g/mol. The highest BCUT2D eigenvalue weighted by Gasteiger charge is 2.37. The number of anilines is 4. The van der Waals surface area contributed by atoms with Crippen LogP contribution in [-0.2, 0) is 23.7 Å². The molecule has 14 nitrogen and oxygen atoms in total. The van der Waals surface area contributed by atoms with Gasteiger partial charge in [-0.2, -0.15) is 5.26 Å². The quantitative estimate of drug-likeness (QED) is 0.240. The van der Waals surface area contributed by atoms with Gasteiger partial charge in [-0.1, -0.05) is 0 Å². The molecule has 4 aliphatic heterocycles. The van der Waals surface area contributed by atoms with E-state index in [1.54, 1.807) is 16.2 Å². The van der Waals surface area contributed by atoms with Crippen LogP contribution in [0.2, 0.25) is 0 Å². The standard InChI is InChI=1S/C45H51N9O5/c1-28-21-33-37(49(3)43(28)57)23-31(24-38(33)53-20-19-48(2)34-7-5-29(26-46)22-40(34)53)30-11-15-51(16-12-30)27-45(59)13-17-52(18-14-45)32-6-8-35-39(25-32)50(4)44(58)54(35)36-9-10-41(55)47-42(36)56/h5-8,21-25,30,36,59H,9-20,27H2,1-4H3,(H,47,55,56). The maximum atomic E-state index is 13.3. The van der Waals surface area contributed by atoms with Gasteiger partial charge in [0.1, 0.15) is 6.04 Å². The number of imidazole rings is 1. The molecule has 3 saturated heterocycles. The second-order valence-corrected chi connectivity index (χ2v) is 17.2. The zero-order valence-electron chi connectivity index (χ0n) is 34.2. The van der Waals surface area contributed by atoms with Gasteiger partial charge in [0, 0.05) is 76.9 Å². The smallest absolute Gasteiger partial charge is 0.329 e. The minimum atomic E-state index is -0.821. The Morgan fingerprint density at radius 3 is 2.29 bits per heavy atom. The first-order valence-electron chi connectivity index (χ1n) is 20.7. The van der Waals surface area contributed by atoms with Crippen molar-refractivity contribution in [3.8, 4) is 6.07 Å². The maximum Gasteiger partial charge on any atom is 0.329 e. The number of imide groups is 1. The fourth-order valence-electron chi connectivity index (χ4n) is 10.0. The number of carbonyl (C=O) groups is 2. The van der Waals surface area contributed by atoms with Gasteiger partial charge in [-0.05, 0) is 118 Å². The summed E-state index contributed by atoms with van der Waals surface area (Å²) in [4.78, 5) is 60.1. The number of likely N-dealkylation sites (N-methyl/N-ethyl adjacent to an activating group) is 1. The molecule has 2 N–H and O–H groups in total. The van der Waals surface area contributed by atoms with E-state index in [1.165, 1.54) is 10.1 Å². The lowest BCUT2D eigenvalue weighted by molar-refractivity contribution is -0.135. The molecule has 1 unspecified atom stereocenters. The Balaban J connectivity index is 0.896. The van der Waals surface area contributed by atoms with Crippen molar-refractivity contribution in [2.24, 2.45) is 14.1 Å². The number of aromatic nitrogens is 3. The lowest BCUT2D eigenvalue weighted by Crippen LogP contribution is -2.52. The summed E-state index contributed by atoms with van der Waals surface area (Å²) in [6.07, 6.45) is 3.58. The number of aryl methyl sites for hydroxylation is 3. The van der Waals surface area contributed by atoms with E-state index in [0.717, 1.165) is 78.2 Å². The highest BCUT2D eigenvalue weighted by molar-refractivity contribution is 6.00. The number of amides is 2. The second-order valence-electron chi connectivity index (χ2n) is 17.2. The number of rotatable bonds is 6. The predicted molar refractivity (Wildman–Crippen MR) is 229 cm³/mol. The minimum absolute atomic E-state index is 0.00436. The maximum absolute atomic E-state index is 13.3. The topological polar surface area (TPSA) is 152 Å². The van der Waals surface area contributed by atoms with E-state index in [9.17, 15) is 29.5 Å². The Labute approximate surface area is 342 Å². The van der Waals surface area contributed by atoms with Crippen LogP contribution in [0.3, 0.4) is 0 Å². The summed E-state index contributed by atoms with van der Waals surface area (Å²) >= 11 is 0. The van der Waals surface area contributed by atoms with Gasteiger partial charge in [0.2, 0.25) is 11.8 Å². The number of pyridine rings is 1. The summed E-state index contributed by atoms with van der Waals surface area (Å²) in [6, 6.07) is 19.8. The minimum Gasteiger partial charge on any atom is -0.388 e. The Hall–Kier alpha value is -5.91. The first kappa shape index (κ1) is 38.6. The molecule has 2 aromatic heterocycles. The Bertz CT molecular complexity index is 2690. The fraction of sp³-hybridized carbons (Fsp3) is 0.444.